The van der Waals surface area contributed by atoms with Gasteiger partial charge in [0.15, 0.2) is 11.5 Å². The Morgan fingerprint density at radius 1 is 0.958 bits per heavy atom. The molecule has 48 heavy (non-hydrogen) atoms. The second-order valence-electron chi connectivity index (χ2n) is 11.7. The van der Waals surface area contributed by atoms with Crippen LogP contribution in [-0.4, -0.2) is 78.6 Å². The summed E-state index contributed by atoms with van der Waals surface area (Å²) < 4.78 is 55.9. The Balaban J connectivity index is 1.32. The average Bonchev–Trinajstić information content (AvgIpc) is 3.52. The molecule has 4 N–H and O–H groups in total. The molecule has 12 nitrogen and oxygen atoms in total. The summed E-state index contributed by atoms with van der Waals surface area (Å²) in [5.74, 6) is 0.877. The Morgan fingerprint density at radius 2 is 1.58 bits per heavy atom. The van der Waals surface area contributed by atoms with Crippen LogP contribution in [0.1, 0.15) is 25.0 Å². The van der Waals surface area contributed by atoms with Crippen molar-refractivity contribution in [2.24, 2.45) is 5.92 Å². The summed E-state index contributed by atoms with van der Waals surface area (Å²) in [6, 6.07) is 12.4. The fourth-order valence-electron chi connectivity index (χ4n) is 5.31. The molecule has 2 aliphatic heterocycles. The highest BCUT2D eigenvalue weighted by molar-refractivity contribution is 6.00. The van der Waals surface area contributed by atoms with E-state index in [2.05, 4.69) is 16.0 Å². The van der Waals surface area contributed by atoms with Gasteiger partial charge in [-0.05, 0) is 61.5 Å². The first kappa shape index (κ1) is 34.2. The van der Waals surface area contributed by atoms with E-state index in [1.807, 2.05) is 6.92 Å². The zero-order valence-electron chi connectivity index (χ0n) is 26.5. The SMILES string of the molecule is C[C@H](CO)N1C[C@H](C)[C@H](CN(C)C(=O)Nc2ccc(C(F)(F)F)cc2)Oc2ccc(NC(=O)Nc3ccc4c(c3)OCO4)cc2CC1=O. The van der Waals surface area contributed by atoms with Gasteiger partial charge in [0.2, 0.25) is 12.7 Å². The third kappa shape index (κ3) is 8.20. The maximum Gasteiger partial charge on any atom is 0.416 e. The maximum absolute atomic E-state index is 13.5. The molecular weight excluding hydrogens is 635 g/mol. The Morgan fingerprint density at radius 3 is 2.25 bits per heavy atom. The van der Waals surface area contributed by atoms with Crippen LogP contribution in [-0.2, 0) is 17.4 Å². The van der Waals surface area contributed by atoms with Crippen molar-refractivity contribution in [2.45, 2.75) is 38.6 Å². The summed E-state index contributed by atoms with van der Waals surface area (Å²) >= 11 is 0. The van der Waals surface area contributed by atoms with Gasteiger partial charge in [-0.1, -0.05) is 6.92 Å². The number of nitrogens with zero attached hydrogens (tertiary/aromatic N) is 2. The quantitative estimate of drug-likeness (QED) is 0.264. The van der Waals surface area contributed by atoms with Crippen molar-refractivity contribution < 1.29 is 46.9 Å². The first-order valence-electron chi connectivity index (χ1n) is 15.2. The number of amides is 5. The number of carbonyl (C=O) groups is 3. The van der Waals surface area contributed by atoms with E-state index in [1.54, 1.807) is 48.2 Å². The number of rotatable bonds is 7. The molecule has 0 saturated heterocycles. The van der Waals surface area contributed by atoms with Gasteiger partial charge in [-0.25, -0.2) is 9.59 Å². The van der Waals surface area contributed by atoms with Gasteiger partial charge in [0.25, 0.3) is 0 Å². The fourth-order valence-corrected chi connectivity index (χ4v) is 5.31. The molecule has 3 aromatic rings. The smallest absolute Gasteiger partial charge is 0.416 e. The van der Waals surface area contributed by atoms with E-state index in [4.69, 9.17) is 14.2 Å². The number of hydrogen-bond donors (Lipinski definition) is 4. The van der Waals surface area contributed by atoms with Crippen molar-refractivity contribution in [3.8, 4) is 17.2 Å². The maximum atomic E-state index is 13.5. The van der Waals surface area contributed by atoms with Crippen molar-refractivity contribution in [1.82, 2.24) is 9.80 Å². The third-order valence-corrected chi connectivity index (χ3v) is 8.07. The second-order valence-corrected chi connectivity index (χ2v) is 11.7. The van der Waals surface area contributed by atoms with E-state index >= 15 is 0 Å². The van der Waals surface area contributed by atoms with Gasteiger partial charge in [-0.2, -0.15) is 13.2 Å². The largest absolute Gasteiger partial charge is 0.488 e. The Bertz CT molecular complexity index is 1650. The molecule has 3 aromatic carbocycles. The van der Waals surface area contributed by atoms with E-state index in [0.717, 1.165) is 12.1 Å². The number of alkyl halides is 3. The normalized spacial score (nSPS) is 18.0. The summed E-state index contributed by atoms with van der Waals surface area (Å²) in [5, 5.41) is 18.0. The van der Waals surface area contributed by atoms with Crippen LogP contribution in [0.25, 0.3) is 0 Å². The van der Waals surface area contributed by atoms with E-state index in [0.29, 0.717) is 34.2 Å². The molecule has 15 heteroatoms. The number of anilines is 3. The number of halogens is 3. The van der Waals surface area contributed by atoms with Crippen molar-refractivity contribution in [3.63, 3.8) is 0 Å². The van der Waals surface area contributed by atoms with Crippen molar-refractivity contribution in [2.75, 3.05) is 49.5 Å². The fraction of sp³-hybridized carbons (Fsp3) is 0.364. The molecular formula is C33H36F3N5O7. The van der Waals surface area contributed by atoms with E-state index in [-0.39, 0.29) is 50.4 Å². The summed E-state index contributed by atoms with van der Waals surface area (Å²) in [5.41, 5.74) is 0.703. The molecule has 256 valence electrons. The van der Waals surface area contributed by atoms with Crippen LogP contribution in [0.2, 0.25) is 0 Å². The molecule has 2 heterocycles. The number of aliphatic hydroxyl groups excluding tert-OH is 1. The molecule has 3 atom stereocenters. The number of carbonyl (C=O) groups excluding carboxylic acids is 3. The van der Waals surface area contributed by atoms with Gasteiger partial charge in [0, 0.05) is 48.2 Å². The zero-order valence-corrected chi connectivity index (χ0v) is 26.5. The van der Waals surface area contributed by atoms with Gasteiger partial charge in [-0.15, -0.1) is 0 Å². The molecule has 0 spiro atoms. The lowest BCUT2D eigenvalue weighted by molar-refractivity contribution is -0.137. The van der Waals surface area contributed by atoms with Gasteiger partial charge < -0.3 is 45.1 Å². The molecule has 0 saturated carbocycles. The van der Waals surface area contributed by atoms with Gasteiger partial charge in [0.1, 0.15) is 11.9 Å². The number of urea groups is 2. The number of ether oxygens (including phenoxy) is 3. The highest BCUT2D eigenvalue weighted by Crippen LogP contribution is 2.35. The molecule has 0 fully saturated rings. The van der Waals surface area contributed by atoms with E-state index < -0.39 is 35.9 Å². The highest BCUT2D eigenvalue weighted by Gasteiger charge is 2.33. The minimum atomic E-state index is -4.50. The van der Waals surface area contributed by atoms with Crippen molar-refractivity contribution in [1.29, 1.82) is 0 Å². The molecule has 0 unspecified atom stereocenters. The predicted molar refractivity (Wildman–Crippen MR) is 170 cm³/mol. The molecule has 0 aromatic heterocycles. The van der Waals surface area contributed by atoms with Crippen molar-refractivity contribution >= 4 is 35.0 Å². The monoisotopic (exact) mass is 671 g/mol. The Labute approximate surface area is 274 Å². The minimum absolute atomic E-state index is 0.0561. The Kier molecular flexibility index (Phi) is 10.2. The predicted octanol–water partition coefficient (Wildman–Crippen LogP) is 5.39. The zero-order chi connectivity index (χ0) is 34.6. The van der Waals surface area contributed by atoms with Gasteiger partial charge in [0.05, 0.1) is 31.2 Å². The number of aliphatic hydroxyl groups is 1. The van der Waals surface area contributed by atoms with Crippen LogP contribution >= 0.6 is 0 Å². The molecule has 0 bridgehead atoms. The highest BCUT2D eigenvalue weighted by atomic mass is 19.4. The first-order valence-corrected chi connectivity index (χ1v) is 15.2. The summed E-state index contributed by atoms with van der Waals surface area (Å²) in [6.07, 6.45) is -5.22. The Hall–Kier alpha value is -5.18. The van der Waals surface area contributed by atoms with Crippen LogP contribution in [0.5, 0.6) is 17.2 Å². The number of fused-ring (bicyclic) bond motifs is 2. The minimum Gasteiger partial charge on any atom is -0.488 e. The van der Waals surface area contributed by atoms with Crippen LogP contribution < -0.4 is 30.2 Å². The van der Waals surface area contributed by atoms with Crippen LogP contribution in [0.4, 0.5) is 39.8 Å². The van der Waals surface area contributed by atoms with E-state index in [9.17, 15) is 32.7 Å². The van der Waals surface area contributed by atoms with E-state index in [1.165, 1.54) is 24.1 Å². The molecule has 5 rings (SSSR count). The lowest BCUT2D eigenvalue weighted by Gasteiger charge is -2.34. The molecule has 2 aliphatic rings. The number of benzene rings is 3. The lowest BCUT2D eigenvalue weighted by atomic mass is 10.0. The lowest BCUT2D eigenvalue weighted by Crippen LogP contribution is -2.48. The second kappa shape index (κ2) is 14.3. The third-order valence-electron chi connectivity index (χ3n) is 8.07. The molecule has 0 aliphatic carbocycles. The molecule has 5 amide bonds. The van der Waals surface area contributed by atoms with Crippen molar-refractivity contribution in [3.05, 3.63) is 71.8 Å². The number of hydrogen-bond acceptors (Lipinski definition) is 7. The standard InChI is InChI=1S/C33H36F3N5O7/c1-19-15-41(20(2)17-42)30(43)13-21-12-24(37-31(44)38-25-9-11-27-28(14-25)47-18-46-27)8-10-26(21)48-29(19)16-40(3)32(45)39-23-6-4-22(5-7-23)33(34,35)36/h4-12,14,19-20,29,42H,13,15-18H2,1-3H3,(H,39,45)(H2,37,38,44)/t19-,20+,29-/m0/s1. The molecule has 0 radical (unpaired) electrons. The number of likely N-dealkylation sites (N-methyl/N-ethyl adjacent to an activating group) is 1. The first-order chi connectivity index (χ1) is 22.8. The van der Waals surface area contributed by atoms with Crippen LogP contribution in [0.3, 0.4) is 0 Å². The number of nitrogens with one attached hydrogen (secondary N) is 3. The summed E-state index contributed by atoms with van der Waals surface area (Å²) in [7, 11) is 1.52. The average molecular weight is 672 g/mol. The van der Waals surface area contributed by atoms with Crippen LogP contribution in [0, 0.1) is 5.92 Å². The van der Waals surface area contributed by atoms with Gasteiger partial charge >= 0.3 is 18.2 Å². The van der Waals surface area contributed by atoms with Crippen LogP contribution in [0.15, 0.2) is 60.7 Å². The van der Waals surface area contributed by atoms with Gasteiger partial charge in [-0.3, -0.25) is 4.79 Å². The summed E-state index contributed by atoms with van der Waals surface area (Å²) in [4.78, 5) is 42.3. The summed E-state index contributed by atoms with van der Waals surface area (Å²) in [6.45, 7) is 3.69. The topological polar surface area (TPSA) is 142 Å².